The number of benzene rings is 1. The van der Waals surface area contributed by atoms with E-state index in [1.165, 1.54) is 0 Å². The summed E-state index contributed by atoms with van der Waals surface area (Å²) in [7, 11) is 2.91. The Morgan fingerprint density at radius 1 is 1.35 bits per heavy atom. The van der Waals surface area contributed by atoms with Gasteiger partial charge < -0.3 is 10.0 Å². The van der Waals surface area contributed by atoms with Gasteiger partial charge in [0.1, 0.15) is 11.0 Å². The van der Waals surface area contributed by atoms with Gasteiger partial charge in [-0.1, -0.05) is 18.2 Å². The van der Waals surface area contributed by atoms with E-state index >= 15 is 0 Å². The van der Waals surface area contributed by atoms with Gasteiger partial charge in [0, 0.05) is 24.7 Å². The highest BCUT2D eigenvalue weighted by atomic mass is 32.2. The summed E-state index contributed by atoms with van der Waals surface area (Å²) >= 11 is 0. The summed E-state index contributed by atoms with van der Waals surface area (Å²) in [5.41, 5.74) is -0.237. The number of hydrogen-bond donors (Lipinski definition) is 1. The Hall–Kier alpha value is -0.750. The molecule has 0 aromatic heterocycles. The van der Waals surface area contributed by atoms with Crippen molar-refractivity contribution >= 4 is 11.0 Å². The van der Waals surface area contributed by atoms with Gasteiger partial charge in [-0.05, 0) is 40.4 Å². The molecular weight excluding hydrogens is 272 g/mol. The van der Waals surface area contributed by atoms with Gasteiger partial charge in [-0.15, -0.1) is 0 Å². The third-order valence-corrected chi connectivity index (χ3v) is 5.36. The SMILES string of the molecule is CN(C)C1CCN(S(=O)c2ccccc2C(C)(C)O)C1. The second-order valence-electron chi connectivity index (χ2n) is 6.10. The molecule has 1 aliphatic heterocycles. The monoisotopic (exact) mass is 296 g/mol. The lowest BCUT2D eigenvalue weighted by Gasteiger charge is -2.24. The van der Waals surface area contributed by atoms with E-state index in [2.05, 4.69) is 19.0 Å². The van der Waals surface area contributed by atoms with Crippen LogP contribution < -0.4 is 0 Å². The Bertz CT molecular complexity index is 497. The Kier molecular flexibility index (Phi) is 4.64. The van der Waals surface area contributed by atoms with Crippen LogP contribution in [0.5, 0.6) is 0 Å². The molecule has 1 saturated heterocycles. The Balaban J connectivity index is 2.23. The zero-order valence-electron chi connectivity index (χ0n) is 12.7. The lowest BCUT2D eigenvalue weighted by molar-refractivity contribution is 0.0755. The fraction of sp³-hybridized carbons (Fsp3) is 0.600. The van der Waals surface area contributed by atoms with Crippen LogP contribution >= 0.6 is 0 Å². The van der Waals surface area contributed by atoms with E-state index in [1.807, 2.05) is 28.6 Å². The Morgan fingerprint density at radius 3 is 2.55 bits per heavy atom. The van der Waals surface area contributed by atoms with Crippen LogP contribution in [0.15, 0.2) is 29.2 Å². The molecule has 0 bridgehead atoms. The molecule has 4 nitrogen and oxygen atoms in total. The molecular formula is C15H24N2O2S. The molecule has 0 amide bonds. The number of rotatable bonds is 4. The molecule has 0 spiro atoms. The van der Waals surface area contributed by atoms with Crippen molar-refractivity contribution in [3.05, 3.63) is 29.8 Å². The predicted octanol–water partition coefficient (Wildman–Crippen LogP) is 1.57. The topological polar surface area (TPSA) is 43.8 Å². The minimum absolute atomic E-state index is 0.452. The van der Waals surface area contributed by atoms with Gasteiger partial charge >= 0.3 is 0 Å². The fourth-order valence-electron chi connectivity index (χ4n) is 2.55. The van der Waals surface area contributed by atoms with Gasteiger partial charge in [0.05, 0.1) is 10.5 Å². The minimum Gasteiger partial charge on any atom is -0.386 e. The average molecular weight is 296 g/mol. The molecule has 0 aliphatic carbocycles. The molecule has 20 heavy (non-hydrogen) atoms. The first-order chi connectivity index (χ1) is 9.30. The predicted molar refractivity (Wildman–Crippen MR) is 81.8 cm³/mol. The van der Waals surface area contributed by atoms with Crippen molar-refractivity contribution < 1.29 is 9.32 Å². The average Bonchev–Trinajstić information content (AvgIpc) is 2.86. The van der Waals surface area contributed by atoms with Gasteiger partial charge in [-0.25, -0.2) is 8.51 Å². The largest absolute Gasteiger partial charge is 0.386 e. The van der Waals surface area contributed by atoms with E-state index in [0.29, 0.717) is 6.04 Å². The highest BCUT2D eigenvalue weighted by Gasteiger charge is 2.31. The summed E-state index contributed by atoms with van der Waals surface area (Å²) in [5, 5.41) is 10.2. The molecule has 2 rings (SSSR count). The second kappa shape index (κ2) is 5.93. The molecule has 112 valence electrons. The third kappa shape index (κ3) is 3.28. The molecule has 2 unspecified atom stereocenters. The first-order valence-corrected chi connectivity index (χ1v) is 8.06. The summed E-state index contributed by atoms with van der Waals surface area (Å²) in [6.45, 7) is 5.10. The van der Waals surface area contributed by atoms with Crippen molar-refractivity contribution in [2.45, 2.75) is 36.8 Å². The van der Waals surface area contributed by atoms with Gasteiger partial charge in [-0.3, -0.25) is 0 Å². The Morgan fingerprint density at radius 2 is 2.00 bits per heavy atom. The molecule has 1 aromatic carbocycles. The fourth-order valence-corrected chi connectivity index (χ4v) is 4.10. The maximum Gasteiger partial charge on any atom is 0.128 e. The van der Waals surface area contributed by atoms with Crippen LogP contribution in [-0.4, -0.2) is 51.7 Å². The quantitative estimate of drug-likeness (QED) is 0.917. The lowest BCUT2D eigenvalue weighted by Crippen LogP contribution is -2.33. The summed E-state index contributed by atoms with van der Waals surface area (Å²) in [6, 6.07) is 7.91. The molecule has 1 fully saturated rings. The van der Waals surface area contributed by atoms with Crippen LogP contribution in [0.2, 0.25) is 0 Å². The molecule has 0 radical (unpaired) electrons. The maximum absolute atomic E-state index is 12.8. The highest BCUT2D eigenvalue weighted by Crippen LogP contribution is 2.28. The van der Waals surface area contributed by atoms with Crippen LogP contribution in [0.25, 0.3) is 0 Å². The van der Waals surface area contributed by atoms with Gasteiger partial charge in [0.25, 0.3) is 0 Å². The van der Waals surface area contributed by atoms with E-state index in [0.717, 1.165) is 30.0 Å². The smallest absolute Gasteiger partial charge is 0.128 e. The molecule has 5 heteroatoms. The summed E-state index contributed by atoms with van der Waals surface area (Å²) in [6.07, 6.45) is 1.03. The first kappa shape index (κ1) is 15.6. The molecule has 1 heterocycles. The van der Waals surface area contributed by atoms with Crippen LogP contribution in [-0.2, 0) is 16.6 Å². The lowest BCUT2D eigenvalue weighted by atomic mass is 9.99. The van der Waals surface area contributed by atoms with Crippen molar-refractivity contribution in [2.75, 3.05) is 27.2 Å². The molecule has 1 aliphatic rings. The van der Waals surface area contributed by atoms with Crippen LogP contribution in [0, 0.1) is 0 Å². The van der Waals surface area contributed by atoms with E-state index < -0.39 is 16.6 Å². The highest BCUT2D eigenvalue weighted by molar-refractivity contribution is 7.82. The van der Waals surface area contributed by atoms with Gasteiger partial charge in [0.2, 0.25) is 0 Å². The van der Waals surface area contributed by atoms with Crippen molar-refractivity contribution in [3.63, 3.8) is 0 Å². The second-order valence-corrected chi connectivity index (χ2v) is 7.55. The number of likely N-dealkylation sites (N-methyl/N-ethyl adjacent to an activating group) is 1. The summed E-state index contributed by atoms with van der Waals surface area (Å²) in [5.74, 6) is 0. The maximum atomic E-state index is 12.8. The van der Waals surface area contributed by atoms with Crippen LogP contribution in [0.1, 0.15) is 25.8 Å². The van der Waals surface area contributed by atoms with Crippen molar-refractivity contribution in [1.82, 2.24) is 9.21 Å². The molecule has 2 atom stereocenters. The normalized spacial score (nSPS) is 22.4. The van der Waals surface area contributed by atoms with E-state index in [4.69, 9.17) is 0 Å². The number of hydrogen-bond acceptors (Lipinski definition) is 3. The summed E-state index contributed by atoms with van der Waals surface area (Å²) in [4.78, 5) is 2.90. The zero-order valence-corrected chi connectivity index (χ0v) is 13.5. The van der Waals surface area contributed by atoms with Crippen molar-refractivity contribution in [2.24, 2.45) is 0 Å². The van der Waals surface area contributed by atoms with Gasteiger partial charge in [-0.2, -0.15) is 0 Å². The standard InChI is InChI=1S/C15H24N2O2S/c1-15(2,18)13-7-5-6-8-14(13)20(19)17-10-9-12(11-17)16(3)4/h5-8,12,18H,9-11H2,1-4H3. The van der Waals surface area contributed by atoms with E-state index in [1.54, 1.807) is 13.8 Å². The van der Waals surface area contributed by atoms with Crippen LogP contribution in [0.3, 0.4) is 0 Å². The third-order valence-electron chi connectivity index (χ3n) is 3.83. The van der Waals surface area contributed by atoms with Crippen molar-refractivity contribution in [3.8, 4) is 0 Å². The van der Waals surface area contributed by atoms with E-state index in [9.17, 15) is 9.32 Å². The van der Waals surface area contributed by atoms with Crippen LogP contribution in [0.4, 0.5) is 0 Å². The van der Waals surface area contributed by atoms with E-state index in [-0.39, 0.29) is 0 Å². The van der Waals surface area contributed by atoms with Crippen molar-refractivity contribution in [1.29, 1.82) is 0 Å². The number of nitrogens with zero attached hydrogens (tertiary/aromatic N) is 2. The minimum atomic E-state index is -1.21. The Labute approximate surface area is 124 Å². The molecule has 0 saturated carbocycles. The number of aliphatic hydroxyl groups is 1. The molecule has 1 aromatic rings. The molecule has 1 N–H and O–H groups in total. The zero-order chi connectivity index (χ0) is 14.9. The summed E-state index contributed by atoms with van der Waals surface area (Å²) < 4.78 is 14.8. The first-order valence-electron chi connectivity index (χ1n) is 6.96. The van der Waals surface area contributed by atoms with Gasteiger partial charge in [0.15, 0.2) is 0 Å².